The van der Waals surface area contributed by atoms with Crippen molar-refractivity contribution in [2.45, 2.75) is 45.0 Å². The van der Waals surface area contributed by atoms with Crippen molar-refractivity contribution in [3.8, 4) is 28.6 Å². The van der Waals surface area contributed by atoms with Gasteiger partial charge in [0, 0.05) is 55.0 Å². The van der Waals surface area contributed by atoms with Gasteiger partial charge in [0.15, 0.2) is 11.5 Å². The minimum Gasteiger partial charge on any atom is -0.489 e. The van der Waals surface area contributed by atoms with Crippen LogP contribution in [0.25, 0.3) is 38.6 Å². The smallest absolute Gasteiger partial charge is 0.319 e. The molecule has 2 fully saturated rings. The molecule has 15 heteroatoms. The minimum atomic E-state index is -0.425. The Balaban J connectivity index is 1.34. The maximum atomic E-state index is 15.7. The zero-order valence-electron chi connectivity index (χ0n) is 28.5. The van der Waals surface area contributed by atoms with Gasteiger partial charge < -0.3 is 39.9 Å². The van der Waals surface area contributed by atoms with Crippen molar-refractivity contribution in [1.29, 1.82) is 0 Å². The van der Waals surface area contributed by atoms with Crippen LogP contribution in [0.4, 0.5) is 10.2 Å². The van der Waals surface area contributed by atoms with Crippen molar-refractivity contribution in [3.63, 3.8) is 0 Å². The van der Waals surface area contributed by atoms with Crippen LogP contribution in [0.3, 0.4) is 0 Å². The van der Waals surface area contributed by atoms with Crippen LogP contribution in [0.5, 0.6) is 17.5 Å². The van der Waals surface area contributed by atoms with Gasteiger partial charge in [0.05, 0.1) is 40.5 Å². The van der Waals surface area contributed by atoms with E-state index in [-0.39, 0.29) is 42.4 Å². The predicted molar refractivity (Wildman–Crippen MR) is 193 cm³/mol. The lowest BCUT2D eigenvalue weighted by atomic mass is 9.93. The third-order valence-electron chi connectivity index (χ3n) is 10.0. The molecule has 0 aliphatic carbocycles. The molecule has 3 atom stereocenters. The number of ether oxygens (including phenoxy) is 4. The molecule has 3 aliphatic heterocycles. The number of hydrogen-bond acceptors (Lipinski definition) is 12. The number of rotatable bonds is 11. The van der Waals surface area contributed by atoms with E-state index in [1.165, 1.54) is 11.1 Å². The average Bonchev–Trinajstić information content (AvgIpc) is 3.86. The number of aromatic nitrogens is 4. The number of anilines is 1. The second-order valence-corrected chi connectivity index (χ2v) is 13.4. The number of fused-ring (bicyclic) bond motifs is 7. The molecule has 5 heterocycles. The van der Waals surface area contributed by atoms with Crippen molar-refractivity contribution in [3.05, 3.63) is 70.3 Å². The number of benzene rings is 3. The summed E-state index contributed by atoms with van der Waals surface area (Å²) < 4.78 is 40.4. The number of piperazine rings is 1. The number of nitrogens with one attached hydrogen (secondary N) is 2. The van der Waals surface area contributed by atoms with Crippen molar-refractivity contribution in [2.24, 2.45) is 11.6 Å². The molecule has 2 bridgehead atoms. The first-order valence-electron chi connectivity index (χ1n) is 16.9. The van der Waals surface area contributed by atoms with Crippen LogP contribution in [0, 0.1) is 12.7 Å². The molecule has 2 saturated heterocycles. The van der Waals surface area contributed by atoms with Crippen LogP contribution in [-0.2, 0) is 11.3 Å². The monoisotopic (exact) mass is 715 g/mol. The molecule has 3 unspecified atom stereocenters. The fourth-order valence-electron chi connectivity index (χ4n) is 7.40. The number of methoxy groups -OCH3 is 1. The molecule has 0 radical (unpaired) electrons. The van der Waals surface area contributed by atoms with Gasteiger partial charge in [-0.2, -0.15) is 15.1 Å². The van der Waals surface area contributed by atoms with E-state index in [4.69, 9.17) is 52.1 Å². The van der Waals surface area contributed by atoms with Gasteiger partial charge in [-0.25, -0.2) is 10.2 Å². The lowest BCUT2D eigenvalue weighted by Crippen LogP contribution is -2.53. The van der Waals surface area contributed by atoms with Gasteiger partial charge in [-0.15, -0.1) is 0 Å². The Hall–Kier alpha value is -4.89. The van der Waals surface area contributed by atoms with Gasteiger partial charge in [-0.1, -0.05) is 35.9 Å². The molecule has 6 N–H and O–H groups in total. The third-order valence-corrected chi connectivity index (χ3v) is 10.4. The van der Waals surface area contributed by atoms with E-state index in [0.29, 0.717) is 81.3 Å². The summed E-state index contributed by atoms with van der Waals surface area (Å²) in [7, 11) is 1.61. The molecule has 0 amide bonds. The maximum Gasteiger partial charge on any atom is 0.319 e. The summed E-state index contributed by atoms with van der Waals surface area (Å²) in [6, 6.07) is 9.68. The molecule has 51 heavy (non-hydrogen) atoms. The minimum absolute atomic E-state index is 0.00474. The molecule has 3 aromatic carbocycles. The van der Waals surface area contributed by atoms with Crippen LogP contribution < -0.4 is 36.0 Å². The van der Waals surface area contributed by atoms with Crippen molar-refractivity contribution >= 4 is 44.9 Å². The van der Waals surface area contributed by atoms with Gasteiger partial charge in [-0.3, -0.25) is 5.10 Å². The zero-order valence-corrected chi connectivity index (χ0v) is 29.3. The molecular formula is C36H39ClFN9O4. The fourth-order valence-corrected chi connectivity index (χ4v) is 7.73. The highest BCUT2D eigenvalue weighted by Gasteiger charge is 2.49. The topological polar surface area (TPSA) is 162 Å². The Kier molecular flexibility index (Phi) is 8.70. The van der Waals surface area contributed by atoms with Gasteiger partial charge in [0.2, 0.25) is 0 Å². The van der Waals surface area contributed by atoms with Crippen LogP contribution in [0.1, 0.15) is 30.0 Å². The molecule has 13 nitrogen and oxygen atoms in total. The molecule has 8 rings (SSSR count). The Bertz CT molecular complexity index is 2160. The summed E-state index contributed by atoms with van der Waals surface area (Å²) >= 11 is 7.45. The van der Waals surface area contributed by atoms with E-state index in [2.05, 4.69) is 20.4 Å². The Labute approximate surface area is 298 Å². The maximum absolute atomic E-state index is 15.7. The van der Waals surface area contributed by atoms with Crippen LogP contribution in [-0.4, -0.2) is 83.3 Å². The molecule has 0 saturated carbocycles. The van der Waals surface area contributed by atoms with E-state index < -0.39 is 5.82 Å². The summed E-state index contributed by atoms with van der Waals surface area (Å²) in [6.45, 7) is 6.16. The first kappa shape index (κ1) is 33.3. The van der Waals surface area contributed by atoms with Crippen molar-refractivity contribution < 1.29 is 23.3 Å². The summed E-state index contributed by atoms with van der Waals surface area (Å²) in [4.78, 5) is 12.2. The summed E-state index contributed by atoms with van der Waals surface area (Å²) in [6.07, 6.45) is 4.31. The zero-order chi connectivity index (χ0) is 35.4. The molecular weight excluding hydrogens is 677 g/mol. The number of hydrazine groups is 1. The van der Waals surface area contributed by atoms with Gasteiger partial charge in [-0.05, 0) is 43.0 Å². The molecule has 5 aromatic rings. The molecule has 2 aromatic heterocycles. The quantitative estimate of drug-likeness (QED) is 0.0853. The lowest BCUT2D eigenvalue weighted by Gasteiger charge is -2.35. The Morgan fingerprint density at radius 1 is 1.20 bits per heavy atom. The van der Waals surface area contributed by atoms with E-state index in [1.54, 1.807) is 26.4 Å². The lowest BCUT2D eigenvalue weighted by molar-refractivity contribution is 0.141. The number of aromatic amines is 1. The molecule has 266 valence electrons. The third kappa shape index (κ3) is 5.72. The van der Waals surface area contributed by atoms with Crippen LogP contribution in [0.15, 0.2) is 42.7 Å². The van der Waals surface area contributed by atoms with E-state index in [1.807, 2.05) is 31.2 Å². The highest BCUT2D eigenvalue weighted by molar-refractivity contribution is 6.38. The number of H-pyrrole nitrogens is 1. The van der Waals surface area contributed by atoms with Gasteiger partial charge in [0.25, 0.3) is 0 Å². The molecule has 3 aliphatic rings. The standard InChI is InChI=1S/C36H39ClFN9O4/c1-4-46(40)15-24(39)20-7-5-19(6-8-20)16-50-34-29(28-18(2)23(38)12-25-22(28)14-42-45-25)31(37)33-30-32(34)43-36(49-10-9-48-3)44-35(30)47-21-11-26(41-13-21)27(47)17-51-33/h5-8,12,14-15,21,26-27,41H,4,9-11,13,16-17,39-40H2,1-3H3,(H,42,45)/b24-15-. The highest BCUT2D eigenvalue weighted by Crippen LogP contribution is 2.55. The number of hydrogen-bond donors (Lipinski definition) is 4. The van der Waals surface area contributed by atoms with Crippen molar-refractivity contribution in [1.82, 2.24) is 30.5 Å². The normalized spacial score (nSPS) is 19.4. The summed E-state index contributed by atoms with van der Waals surface area (Å²) in [5.74, 6) is 6.92. The summed E-state index contributed by atoms with van der Waals surface area (Å²) in [5, 5.41) is 13.8. The van der Waals surface area contributed by atoms with E-state index in [0.717, 1.165) is 24.1 Å². The van der Waals surface area contributed by atoms with Gasteiger partial charge in [0.1, 0.15) is 37.0 Å². The summed E-state index contributed by atoms with van der Waals surface area (Å²) in [5.41, 5.74) is 10.8. The highest BCUT2D eigenvalue weighted by atomic mass is 35.5. The molecule has 0 spiro atoms. The van der Waals surface area contributed by atoms with Crippen LogP contribution >= 0.6 is 11.6 Å². The first-order chi connectivity index (χ1) is 24.8. The Morgan fingerprint density at radius 2 is 2.02 bits per heavy atom. The fraction of sp³-hybridized carbons (Fsp3) is 0.361. The first-order valence-corrected chi connectivity index (χ1v) is 17.3. The van der Waals surface area contributed by atoms with E-state index in [9.17, 15) is 0 Å². The van der Waals surface area contributed by atoms with E-state index >= 15 is 4.39 Å². The number of nitrogens with zero attached hydrogens (tertiary/aromatic N) is 5. The number of halogens is 2. The Morgan fingerprint density at radius 3 is 2.80 bits per heavy atom. The number of nitrogens with two attached hydrogens (primary N) is 2. The predicted octanol–water partition coefficient (Wildman–Crippen LogP) is 4.64. The second kappa shape index (κ2) is 13.3. The van der Waals surface area contributed by atoms with Gasteiger partial charge >= 0.3 is 6.01 Å². The SMILES string of the molecule is CCN(N)/C=C(\N)c1ccc(COc2c(-c3c(C)c(F)cc4[nH]ncc34)c(Cl)c3c4c(nc(OCCOC)nc24)N2C4CNC(C4)C2CO3)cc1. The largest absolute Gasteiger partial charge is 0.489 e. The average molecular weight is 716 g/mol. The van der Waals surface area contributed by atoms with Crippen LogP contribution in [0.2, 0.25) is 5.02 Å². The van der Waals surface area contributed by atoms with Crippen molar-refractivity contribution in [2.75, 3.05) is 44.9 Å². The second-order valence-electron chi connectivity index (χ2n) is 13.0.